The first-order valence-electron chi connectivity index (χ1n) is 10.7. The molecular formula is C23H25N5O2S. The van der Waals surface area contributed by atoms with Gasteiger partial charge in [-0.2, -0.15) is 0 Å². The number of hydrogen-bond donors (Lipinski definition) is 1. The molecule has 31 heavy (non-hydrogen) atoms. The molecule has 0 unspecified atom stereocenters. The van der Waals surface area contributed by atoms with Gasteiger partial charge in [0.05, 0.1) is 5.39 Å². The zero-order valence-electron chi connectivity index (χ0n) is 17.9. The number of aryl methyl sites for hydroxylation is 1. The fraction of sp³-hybridized carbons (Fsp3) is 0.391. The molecule has 0 aliphatic heterocycles. The minimum atomic E-state index is -0.348. The predicted molar refractivity (Wildman–Crippen MR) is 123 cm³/mol. The zero-order valence-corrected chi connectivity index (χ0v) is 18.7. The van der Waals surface area contributed by atoms with Crippen LogP contribution < -0.4 is 11.0 Å². The third-order valence-electron chi connectivity index (χ3n) is 6.03. The summed E-state index contributed by atoms with van der Waals surface area (Å²) in [6.07, 6.45) is 4.68. The van der Waals surface area contributed by atoms with Gasteiger partial charge in [-0.15, -0.1) is 16.4 Å². The highest BCUT2D eigenvalue weighted by molar-refractivity contribution is 7.19. The number of fused-ring (bicyclic) bond motifs is 5. The summed E-state index contributed by atoms with van der Waals surface area (Å²) in [5.74, 6) is 0.806. The Labute approximate surface area is 183 Å². The predicted octanol–water partition coefficient (Wildman–Crippen LogP) is 3.99. The molecule has 1 N–H and O–H groups in total. The van der Waals surface area contributed by atoms with Gasteiger partial charge in [0.2, 0.25) is 5.91 Å². The van der Waals surface area contributed by atoms with Gasteiger partial charge in [-0.1, -0.05) is 32.9 Å². The second-order valence-electron chi connectivity index (χ2n) is 8.74. The van der Waals surface area contributed by atoms with Crippen molar-refractivity contribution in [1.29, 1.82) is 0 Å². The Hall–Kier alpha value is -3.00. The first kappa shape index (κ1) is 19.9. The van der Waals surface area contributed by atoms with Crippen LogP contribution in [0.4, 0.5) is 5.69 Å². The number of benzene rings is 1. The summed E-state index contributed by atoms with van der Waals surface area (Å²) >= 11 is 1.70. The molecule has 8 heteroatoms. The second kappa shape index (κ2) is 7.60. The van der Waals surface area contributed by atoms with Gasteiger partial charge in [0.1, 0.15) is 17.7 Å². The summed E-state index contributed by atoms with van der Waals surface area (Å²) in [6, 6.07) is 7.76. The maximum absolute atomic E-state index is 12.9. The monoisotopic (exact) mass is 435 g/mol. The van der Waals surface area contributed by atoms with Crippen molar-refractivity contribution in [3.05, 3.63) is 57.1 Å². The van der Waals surface area contributed by atoms with Crippen LogP contribution in [0.1, 0.15) is 49.1 Å². The summed E-state index contributed by atoms with van der Waals surface area (Å²) in [7, 11) is 0. The van der Waals surface area contributed by atoms with Gasteiger partial charge in [0, 0.05) is 10.6 Å². The number of thiophene rings is 1. The molecule has 3 heterocycles. The lowest BCUT2D eigenvalue weighted by atomic mass is 9.89. The standard InChI is InChI=1S/C23H25N5O2S/c1-13(2)15-5-7-16(8-6-15)25-19(29)11-28-23(30)27-12-24-22-20(21(27)26-28)17-9-4-14(3)10-18(17)31-22/h5-8,12-14H,4,9-11H2,1-3H3,(H,25,29)/t14-/m1/s1. The Morgan fingerprint density at radius 3 is 2.81 bits per heavy atom. The molecule has 0 spiro atoms. The van der Waals surface area contributed by atoms with Crippen LogP contribution in [0.3, 0.4) is 0 Å². The highest BCUT2D eigenvalue weighted by Crippen LogP contribution is 2.38. The van der Waals surface area contributed by atoms with Gasteiger partial charge in [-0.25, -0.2) is 18.9 Å². The molecule has 0 fully saturated rings. The molecule has 1 amide bonds. The fourth-order valence-electron chi connectivity index (χ4n) is 4.25. The molecule has 1 aromatic carbocycles. The third kappa shape index (κ3) is 3.54. The zero-order chi connectivity index (χ0) is 21.7. The average Bonchev–Trinajstić information content (AvgIpc) is 3.25. The van der Waals surface area contributed by atoms with Crippen LogP contribution in [0.25, 0.3) is 15.9 Å². The number of nitrogens with zero attached hydrogens (tertiary/aromatic N) is 4. The van der Waals surface area contributed by atoms with Crippen molar-refractivity contribution >= 4 is 38.8 Å². The molecule has 160 valence electrons. The van der Waals surface area contributed by atoms with Gasteiger partial charge in [-0.3, -0.25) is 4.79 Å². The summed E-state index contributed by atoms with van der Waals surface area (Å²) < 4.78 is 2.68. The minimum Gasteiger partial charge on any atom is -0.324 e. The van der Waals surface area contributed by atoms with Crippen LogP contribution in [-0.2, 0) is 24.2 Å². The average molecular weight is 436 g/mol. The number of nitrogens with one attached hydrogen (secondary N) is 1. The first-order valence-corrected chi connectivity index (χ1v) is 11.5. The topological polar surface area (TPSA) is 81.3 Å². The fourth-order valence-corrected chi connectivity index (χ4v) is 5.60. The molecule has 1 aliphatic rings. The van der Waals surface area contributed by atoms with E-state index < -0.39 is 0 Å². The van der Waals surface area contributed by atoms with Gasteiger partial charge < -0.3 is 5.32 Å². The quantitative estimate of drug-likeness (QED) is 0.525. The third-order valence-corrected chi connectivity index (χ3v) is 7.19. The lowest BCUT2D eigenvalue weighted by molar-refractivity contribution is -0.117. The Morgan fingerprint density at radius 1 is 1.29 bits per heavy atom. The van der Waals surface area contributed by atoms with E-state index >= 15 is 0 Å². The number of rotatable bonds is 4. The van der Waals surface area contributed by atoms with Crippen molar-refractivity contribution in [2.75, 3.05) is 5.32 Å². The molecule has 7 nitrogen and oxygen atoms in total. The largest absolute Gasteiger partial charge is 0.352 e. The molecule has 0 saturated carbocycles. The molecule has 4 aromatic rings. The molecule has 0 saturated heterocycles. The Morgan fingerprint density at radius 2 is 2.06 bits per heavy atom. The van der Waals surface area contributed by atoms with Crippen LogP contribution in [-0.4, -0.2) is 25.1 Å². The lowest BCUT2D eigenvalue weighted by Gasteiger charge is -2.17. The number of carbonyl (C=O) groups is 1. The minimum absolute atomic E-state index is 0.142. The molecule has 5 rings (SSSR count). The number of anilines is 1. The van der Waals surface area contributed by atoms with Crippen LogP contribution in [0, 0.1) is 5.92 Å². The highest BCUT2D eigenvalue weighted by Gasteiger charge is 2.24. The Balaban J connectivity index is 1.45. The molecule has 0 radical (unpaired) electrons. The summed E-state index contributed by atoms with van der Waals surface area (Å²) in [5.41, 5.74) is 3.42. The van der Waals surface area contributed by atoms with E-state index in [4.69, 9.17) is 0 Å². The molecule has 0 bridgehead atoms. The van der Waals surface area contributed by atoms with Crippen molar-refractivity contribution in [2.45, 2.75) is 52.5 Å². The van der Waals surface area contributed by atoms with Crippen LogP contribution >= 0.6 is 11.3 Å². The summed E-state index contributed by atoms with van der Waals surface area (Å²) in [4.78, 5) is 32.2. The van der Waals surface area contributed by atoms with E-state index in [2.05, 4.69) is 36.2 Å². The van der Waals surface area contributed by atoms with E-state index in [0.29, 0.717) is 23.2 Å². The van der Waals surface area contributed by atoms with Crippen LogP contribution in [0.2, 0.25) is 0 Å². The van der Waals surface area contributed by atoms with Crippen molar-refractivity contribution in [1.82, 2.24) is 19.2 Å². The van der Waals surface area contributed by atoms with Gasteiger partial charge in [-0.05, 0) is 54.4 Å². The normalized spacial score (nSPS) is 16.2. The number of carbonyl (C=O) groups excluding carboxylic acids is 1. The van der Waals surface area contributed by atoms with Gasteiger partial charge in [0.25, 0.3) is 0 Å². The van der Waals surface area contributed by atoms with Gasteiger partial charge >= 0.3 is 5.69 Å². The van der Waals surface area contributed by atoms with Crippen molar-refractivity contribution < 1.29 is 4.79 Å². The van der Waals surface area contributed by atoms with Gasteiger partial charge in [0.15, 0.2) is 5.65 Å². The maximum atomic E-state index is 12.9. The second-order valence-corrected chi connectivity index (χ2v) is 9.82. The Bertz CT molecular complexity index is 1350. The summed E-state index contributed by atoms with van der Waals surface area (Å²) in [5, 5.41) is 8.35. The lowest BCUT2D eigenvalue weighted by Crippen LogP contribution is -2.28. The van der Waals surface area contributed by atoms with E-state index in [1.807, 2.05) is 24.3 Å². The SMILES string of the molecule is CC(C)c1ccc(NC(=O)Cn2nc3c4c5c(sc4ncn3c2=O)C[C@H](C)CC5)cc1. The highest BCUT2D eigenvalue weighted by atomic mass is 32.1. The smallest absolute Gasteiger partial charge is 0.324 e. The maximum Gasteiger partial charge on any atom is 0.352 e. The van der Waals surface area contributed by atoms with E-state index in [0.717, 1.165) is 29.5 Å². The van der Waals surface area contributed by atoms with E-state index in [9.17, 15) is 9.59 Å². The van der Waals surface area contributed by atoms with Crippen molar-refractivity contribution in [3.8, 4) is 0 Å². The van der Waals surface area contributed by atoms with E-state index in [1.165, 1.54) is 31.4 Å². The summed E-state index contributed by atoms with van der Waals surface area (Å²) in [6.45, 7) is 6.38. The number of amides is 1. The van der Waals surface area contributed by atoms with Crippen molar-refractivity contribution in [3.63, 3.8) is 0 Å². The molecular weight excluding hydrogens is 410 g/mol. The number of aromatic nitrogens is 4. The number of hydrogen-bond acceptors (Lipinski definition) is 5. The molecule has 3 aromatic heterocycles. The Kier molecular flexibility index (Phi) is 4.89. The van der Waals surface area contributed by atoms with Crippen LogP contribution in [0.15, 0.2) is 35.4 Å². The molecule has 1 aliphatic carbocycles. The first-order chi connectivity index (χ1) is 14.9. The van der Waals surface area contributed by atoms with Crippen LogP contribution in [0.5, 0.6) is 0 Å². The van der Waals surface area contributed by atoms with Crippen molar-refractivity contribution in [2.24, 2.45) is 5.92 Å². The van der Waals surface area contributed by atoms with E-state index in [1.54, 1.807) is 11.3 Å². The van der Waals surface area contributed by atoms with E-state index in [-0.39, 0.29) is 18.1 Å². The molecule has 1 atom stereocenters.